The predicted octanol–water partition coefficient (Wildman–Crippen LogP) is 4.47. The summed E-state index contributed by atoms with van der Waals surface area (Å²) in [6, 6.07) is 14.6. The van der Waals surface area contributed by atoms with Gasteiger partial charge in [0.05, 0.1) is 26.8 Å². The molecule has 0 unspecified atom stereocenters. The lowest BCUT2D eigenvalue weighted by Gasteiger charge is -2.36. The Labute approximate surface area is 218 Å². The van der Waals surface area contributed by atoms with Gasteiger partial charge in [-0.3, -0.25) is 9.88 Å². The van der Waals surface area contributed by atoms with Gasteiger partial charge in [0.2, 0.25) is 0 Å². The van der Waals surface area contributed by atoms with Gasteiger partial charge in [0.25, 0.3) is 0 Å². The van der Waals surface area contributed by atoms with E-state index in [0.29, 0.717) is 27.6 Å². The molecule has 0 spiro atoms. The van der Waals surface area contributed by atoms with Gasteiger partial charge in [0.1, 0.15) is 0 Å². The molecule has 1 saturated heterocycles. The van der Waals surface area contributed by atoms with E-state index < -0.39 is 11.7 Å². The Morgan fingerprint density at radius 2 is 1.86 bits per heavy atom. The molecule has 1 amide bonds. The number of imidazole rings is 1. The van der Waals surface area contributed by atoms with Crippen LogP contribution in [-0.4, -0.2) is 64.7 Å². The molecule has 5 rings (SSSR count). The van der Waals surface area contributed by atoms with Crippen LogP contribution in [0.15, 0.2) is 65.7 Å². The van der Waals surface area contributed by atoms with Gasteiger partial charge in [-0.1, -0.05) is 41.4 Å². The third kappa shape index (κ3) is 5.11. The molecule has 2 N–H and O–H groups in total. The van der Waals surface area contributed by atoms with Crippen molar-refractivity contribution in [3.63, 3.8) is 0 Å². The second-order valence-corrected chi connectivity index (χ2v) is 9.51. The minimum atomic E-state index is -0.457. The Balaban J connectivity index is 1.15. The number of nitrogens with one attached hydrogen (secondary N) is 2. The van der Waals surface area contributed by atoms with Crippen molar-refractivity contribution in [2.75, 3.05) is 44.2 Å². The molecule has 1 aliphatic heterocycles. The van der Waals surface area contributed by atoms with E-state index >= 15 is 0 Å². The van der Waals surface area contributed by atoms with Crippen molar-refractivity contribution >= 4 is 46.0 Å². The van der Waals surface area contributed by atoms with Crippen LogP contribution in [0.25, 0.3) is 22.2 Å². The number of piperazine rings is 1. The molecule has 8 nitrogen and oxygen atoms in total. The largest absolute Gasteiger partial charge is 0.368 e. The van der Waals surface area contributed by atoms with Gasteiger partial charge in [0.15, 0.2) is 0 Å². The summed E-state index contributed by atoms with van der Waals surface area (Å²) >= 11 is 12.5. The molecule has 186 valence electrons. The van der Waals surface area contributed by atoms with Gasteiger partial charge in [-0.2, -0.15) is 0 Å². The number of nitrogens with zero attached hydrogens (tertiary/aromatic N) is 4. The van der Waals surface area contributed by atoms with Crippen molar-refractivity contribution in [2.24, 2.45) is 0 Å². The zero-order chi connectivity index (χ0) is 25.1. The van der Waals surface area contributed by atoms with Crippen LogP contribution in [0, 0.1) is 0 Å². The second kappa shape index (κ2) is 10.7. The van der Waals surface area contributed by atoms with E-state index in [0.717, 1.165) is 60.5 Å². The normalized spacial score (nSPS) is 14.3. The summed E-state index contributed by atoms with van der Waals surface area (Å²) in [5.74, 6) is 0. The Morgan fingerprint density at radius 1 is 1.03 bits per heavy atom. The molecule has 0 bridgehead atoms. The minimum absolute atomic E-state index is 0.435. The number of anilines is 1. The fourth-order valence-electron chi connectivity index (χ4n) is 4.54. The van der Waals surface area contributed by atoms with Crippen LogP contribution < -0.4 is 15.9 Å². The van der Waals surface area contributed by atoms with E-state index in [1.165, 1.54) is 0 Å². The molecule has 3 heterocycles. The number of amides is 1. The monoisotopic (exact) mass is 524 g/mol. The maximum absolute atomic E-state index is 12.9. The number of hydrogen-bond acceptors (Lipinski definition) is 5. The van der Waals surface area contributed by atoms with Gasteiger partial charge in [0, 0.05) is 50.7 Å². The average Bonchev–Trinajstić information content (AvgIpc) is 3.24. The summed E-state index contributed by atoms with van der Waals surface area (Å²) < 4.78 is 1.16. The van der Waals surface area contributed by atoms with Crippen LogP contribution in [0.3, 0.4) is 0 Å². The lowest BCUT2D eigenvalue weighted by molar-refractivity contribution is 0.237. The van der Waals surface area contributed by atoms with Crippen LogP contribution in [0.5, 0.6) is 0 Å². The number of aromatic amines is 1. The number of H-pyrrole nitrogens is 1. The highest BCUT2D eigenvalue weighted by Gasteiger charge is 2.20. The molecular weight excluding hydrogens is 499 g/mol. The first-order chi connectivity index (χ1) is 17.5. The maximum Gasteiger partial charge on any atom is 0.334 e. The second-order valence-electron chi connectivity index (χ2n) is 8.73. The number of carbonyl (C=O) groups excluding carboxylic acids is 1. The number of halogens is 2. The highest BCUT2D eigenvalue weighted by Crippen LogP contribution is 2.32. The topological polar surface area (TPSA) is 86.3 Å². The van der Waals surface area contributed by atoms with E-state index in [-0.39, 0.29) is 0 Å². The minimum Gasteiger partial charge on any atom is -0.368 e. The number of pyridine rings is 1. The van der Waals surface area contributed by atoms with Crippen molar-refractivity contribution in [1.82, 2.24) is 24.8 Å². The highest BCUT2D eigenvalue weighted by atomic mass is 35.5. The zero-order valence-corrected chi connectivity index (χ0v) is 21.1. The van der Waals surface area contributed by atoms with Gasteiger partial charge < -0.3 is 15.2 Å². The van der Waals surface area contributed by atoms with Gasteiger partial charge in [-0.25, -0.2) is 14.2 Å². The van der Waals surface area contributed by atoms with E-state index in [2.05, 4.69) is 25.1 Å². The van der Waals surface area contributed by atoms with E-state index in [9.17, 15) is 9.59 Å². The Kier molecular flexibility index (Phi) is 7.27. The lowest BCUT2D eigenvalue weighted by atomic mass is 10.1. The molecule has 0 aliphatic carbocycles. The molecule has 1 aliphatic rings. The summed E-state index contributed by atoms with van der Waals surface area (Å²) in [4.78, 5) is 36.9. The molecule has 2 aromatic heterocycles. The van der Waals surface area contributed by atoms with Crippen LogP contribution >= 0.6 is 23.2 Å². The van der Waals surface area contributed by atoms with E-state index in [1.807, 2.05) is 36.4 Å². The fourth-order valence-corrected chi connectivity index (χ4v) is 4.96. The zero-order valence-electron chi connectivity index (χ0n) is 19.6. The van der Waals surface area contributed by atoms with Gasteiger partial charge >= 0.3 is 11.7 Å². The lowest BCUT2D eigenvalue weighted by Crippen LogP contribution is -2.47. The van der Waals surface area contributed by atoms with Crippen LogP contribution in [0.1, 0.15) is 6.42 Å². The van der Waals surface area contributed by atoms with E-state index in [4.69, 9.17) is 23.2 Å². The third-order valence-electron chi connectivity index (χ3n) is 6.45. The quantitative estimate of drug-likeness (QED) is 0.363. The molecule has 0 atom stereocenters. The summed E-state index contributed by atoms with van der Waals surface area (Å²) in [6.07, 6.45) is 4.23. The van der Waals surface area contributed by atoms with Crippen LogP contribution in [0.2, 0.25) is 10.0 Å². The summed E-state index contributed by atoms with van der Waals surface area (Å²) in [6.45, 7) is 4.84. The number of aromatic nitrogens is 3. The number of benzene rings is 2. The first kappa shape index (κ1) is 24.4. The van der Waals surface area contributed by atoms with Crippen molar-refractivity contribution in [3.05, 3.63) is 81.5 Å². The van der Waals surface area contributed by atoms with Crippen molar-refractivity contribution in [1.29, 1.82) is 0 Å². The molecule has 4 aromatic rings. The number of fused-ring (bicyclic) bond motifs is 1. The molecule has 1 fully saturated rings. The standard InChI is InChI=1S/C26H26Cl2N6O2/c27-20-5-1-6-22(24(20)28)33-14-12-32(13-15-33)11-3-10-30-25(35)34-23-16-18(19-4-2-9-29-17-19)7-8-21(23)31-26(34)36/h1-2,4-9,16-17H,3,10-15H2,(H,30,35)(H,31,36). The average molecular weight is 525 g/mol. The highest BCUT2D eigenvalue weighted by molar-refractivity contribution is 6.43. The molecule has 10 heteroatoms. The number of hydrogen-bond donors (Lipinski definition) is 2. The van der Waals surface area contributed by atoms with Crippen molar-refractivity contribution < 1.29 is 4.79 Å². The summed E-state index contributed by atoms with van der Waals surface area (Å²) in [5, 5.41) is 4.05. The summed E-state index contributed by atoms with van der Waals surface area (Å²) in [7, 11) is 0. The van der Waals surface area contributed by atoms with Crippen molar-refractivity contribution in [3.8, 4) is 11.1 Å². The molecule has 0 saturated carbocycles. The first-order valence-electron chi connectivity index (χ1n) is 11.9. The van der Waals surface area contributed by atoms with Gasteiger partial charge in [-0.05, 0) is 48.9 Å². The molecule has 0 radical (unpaired) electrons. The maximum atomic E-state index is 12.9. The number of carbonyl (C=O) groups is 1. The predicted molar refractivity (Wildman–Crippen MR) is 144 cm³/mol. The molecular formula is C26H26Cl2N6O2. The fraction of sp³-hybridized carbons (Fsp3) is 0.269. The van der Waals surface area contributed by atoms with Crippen LogP contribution in [0.4, 0.5) is 10.5 Å². The van der Waals surface area contributed by atoms with Crippen molar-refractivity contribution in [2.45, 2.75) is 6.42 Å². The Hall–Kier alpha value is -3.33. The smallest absolute Gasteiger partial charge is 0.334 e. The number of rotatable bonds is 6. The van der Waals surface area contributed by atoms with Crippen LogP contribution in [-0.2, 0) is 0 Å². The SMILES string of the molecule is O=C(NCCCN1CCN(c2cccc(Cl)c2Cl)CC1)n1c(=O)[nH]c2ccc(-c3cccnc3)cc21. The van der Waals surface area contributed by atoms with Gasteiger partial charge in [-0.15, -0.1) is 0 Å². The molecule has 2 aromatic carbocycles. The Bertz CT molecular complexity index is 1430. The first-order valence-corrected chi connectivity index (χ1v) is 12.6. The third-order valence-corrected chi connectivity index (χ3v) is 7.26. The van der Waals surface area contributed by atoms with E-state index in [1.54, 1.807) is 24.5 Å². The summed E-state index contributed by atoms with van der Waals surface area (Å²) in [5.41, 5.74) is 3.45. The molecule has 36 heavy (non-hydrogen) atoms. The Morgan fingerprint density at radius 3 is 2.64 bits per heavy atom.